The molecule has 350 valence electrons. The van der Waals surface area contributed by atoms with E-state index in [4.69, 9.17) is 22.6 Å². The molecule has 0 spiro atoms. The fourth-order valence-corrected chi connectivity index (χ4v) is 12.2. The van der Waals surface area contributed by atoms with Gasteiger partial charge in [-0.25, -0.2) is 3.63 Å². The summed E-state index contributed by atoms with van der Waals surface area (Å²) in [6.45, 7) is 9.34. The van der Waals surface area contributed by atoms with Crippen LogP contribution in [0.4, 0.5) is 39.5 Å². The first kappa shape index (κ1) is 49.3. The van der Waals surface area contributed by atoms with Gasteiger partial charge in [0.25, 0.3) is 0 Å². The van der Waals surface area contributed by atoms with Crippen LogP contribution in [-0.2, 0) is 24.9 Å². The highest BCUT2D eigenvalue weighted by Gasteiger charge is 2.86. The Hall–Kier alpha value is -5.17. The second-order valence-corrected chi connectivity index (χ2v) is 21.3. The zero-order valence-electron chi connectivity index (χ0n) is 35.8. The summed E-state index contributed by atoms with van der Waals surface area (Å²) < 4.78 is 188. The minimum Gasteiger partial charge on any atom is -0.488 e. The van der Waals surface area contributed by atoms with Crippen molar-refractivity contribution in [2.45, 2.75) is 97.1 Å². The fraction of sp³-hybridized carbons (Fsp3) is 0.319. The lowest BCUT2D eigenvalue weighted by molar-refractivity contribution is -0.382. The Kier molecular flexibility index (Phi) is 13.6. The molecular weight excluding hydrogens is 912 g/mol. The molecule has 6 aromatic carbocycles. The van der Waals surface area contributed by atoms with Crippen LogP contribution in [0.5, 0.6) is 17.2 Å². The molecule has 18 heteroatoms. The number of halogens is 9. The normalized spacial score (nSPS) is 13.8. The van der Waals surface area contributed by atoms with Crippen molar-refractivity contribution in [3.05, 3.63) is 133 Å². The van der Waals surface area contributed by atoms with Gasteiger partial charge in [0.05, 0.1) is 11.5 Å². The second kappa shape index (κ2) is 17.9. The number of ether oxygens (including phenoxy) is 4. The van der Waals surface area contributed by atoms with E-state index >= 15 is 17.6 Å². The summed E-state index contributed by atoms with van der Waals surface area (Å²) in [5.74, 6) is -15.5. The smallest absolute Gasteiger partial charge is 0.460 e. The Morgan fingerprint density at radius 1 is 0.538 bits per heavy atom. The third kappa shape index (κ3) is 10.0. The number of para-hydroxylation sites is 1. The predicted molar refractivity (Wildman–Crippen MR) is 230 cm³/mol. The minimum absolute atomic E-state index is 0.0291. The Balaban J connectivity index is 1.50. The van der Waals surface area contributed by atoms with Crippen molar-refractivity contribution in [1.82, 2.24) is 0 Å². The van der Waals surface area contributed by atoms with Gasteiger partial charge >= 0.3 is 33.4 Å². The van der Waals surface area contributed by atoms with E-state index in [0.717, 1.165) is 45.3 Å². The molecule has 0 bridgehead atoms. The third-order valence-electron chi connectivity index (χ3n) is 9.57. The number of alkyl halides is 9. The van der Waals surface area contributed by atoms with Crippen molar-refractivity contribution in [3.8, 4) is 17.2 Å². The van der Waals surface area contributed by atoms with Crippen LogP contribution in [-0.4, -0.2) is 56.3 Å². The lowest BCUT2D eigenvalue weighted by Crippen LogP contribution is -2.63. The average molecular weight is 957 g/mol. The number of benzene rings is 6. The molecule has 0 aliphatic rings. The van der Waals surface area contributed by atoms with E-state index in [2.05, 4.69) is 0 Å². The van der Waals surface area contributed by atoms with Gasteiger partial charge in [-0.15, -0.1) is 0 Å². The van der Waals surface area contributed by atoms with Crippen molar-refractivity contribution in [3.63, 3.8) is 0 Å². The zero-order valence-corrected chi connectivity index (χ0v) is 37.5. The molecule has 0 N–H and O–H groups in total. The average Bonchev–Trinajstić information content (AvgIpc) is 3.21. The maximum absolute atomic E-state index is 15.9. The molecule has 0 unspecified atom stereocenters. The molecule has 6 aromatic rings. The van der Waals surface area contributed by atoms with Crippen LogP contribution >= 0.6 is 10.3 Å². The molecule has 0 aliphatic carbocycles. The van der Waals surface area contributed by atoms with Crippen molar-refractivity contribution in [2.24, 2.45) is 0 Å². The highest BCUT2D eigenvalue weighted by atomic mass is 32.3. The second-order valence-electron chi connectivity index (χ2n) is 16.8. The number of hydrogen-bond donors (Lipinski definition) is 0. The largest absolute Gasteiger partial charge is 0.488 e. The zero-order chi connectivity index (χ0) is 47.9. The maximum atomic E-state index is 15.9. The predicted octanol–water partition coefficient (Wildman–Crippen LogP) is 13.9. The van der Waals surface area contributed by atoms with Crippen LogP contribution in [0.3, 0.4) is 0 Å². The van der Waals surface area contributed by atoms with E-state index < -0.39 is 66.6 Å². The quantitative estimate of drug-likeness (QED) is 0.0414. The van der Waals surface area contributed by atoms with Gasteiger partial charge in [-0.3, -0.25) is 0 Å². The van der Waals surface area contributed by atoms with E-state index in [1.165, 1.54) is 54.6 Å². The van der Waals surface area contributed by atoms with Gasteiger partial charge in [0.15, 0.2) is 6.79 Å². The van der Waals surface area contributed by atoms with Crippen molar-refractivity contribution < 1.29 is 70.5 Å². The van der Waals surface area contributed by atoms with Gasteiger partial charge in [-0.2, -0.15) is 47.9 Å². The monoisotopic (exact) mass is 956 g/mol. The summed E-state index contributed by atoms with van der Waals surface area (Å²) >= 11 is 0. The molecule has 0 saturated heterocycles. The molecule has 6 rings (SSSR count). The highest BCUT2D eigenvalue weighted by Crippen LogP contribution is 2.74. The maximum Gasteiger partial charge on any atom is 0.460 e. The van der Waals surface area contributed by atoms with Crippen LogP contribution in [0.2, 0.25) is 0 Å². The summed E-state index contributed by atoms with van der Waals surface area (Å²) in [6.07, 6.45) is -6.95. The van der Waals surface area contributed by atoms with Gasteiger partial charge in [-0.1, -0.05) is 78.9 Å². The van der Waals surface area contributed by atoms with E-state index in [0.29, 0.717) is 6.42 Å². The Morgan fingerprint density at radius 3 is 1.60 bits per heavy atom. The van der Waals surface area contributed by atoms with Gasteiger partial charge in [0.1, 0.15) is 28.5 Å². The van der Waals surface area contributed by atoms with E-state index in [-0.39, 0.29) is 33.6 Å². The molecular formula is C47H45F9O7S2. The van der Waals surface area contributed by atoms with Crippen LogP contribution in [0.25, 0.3) is 21.5 Å². The molecule has 0 aliphatic heterocycles. The topological polar surface area (TPSA) is 80.3 Å². The van der Waals surface area contributed by atoms with Gasteiger partial charge in [0.2, 0.25) is 0 Å². The minimum atomic E-state index is -7.60. The van der Waals surface area contributed by atoms with Crippen LogP contribution in [0.1, 0.15) is 47.1 Å². The fourth-order valence-electron chi connectivity index (χ4n) is 6.83. The van der Waals surface area contributed by atoms with Gasteiger partial charge in [-0.05, 0) is 134 Å². The molecule has 0 aromatic heterocycles. The first-order chi connectivity index (χ1) is 30.1. The van der Waals surface area contributed by atoms with E-state index in [9.17, 15) is 30.4 Å². The number of hydrogen-bond acceptors (Lipinski definition) is 7. The molecule has 0 fully saturated rings. The summed E-state index contributed by atoms with van der Waals surface area (Å²) in [6, 6.07) is 32.7. The van der Waals surface area contributed by atoms with Crippen molar-refractivity contribution in [1.29, 1.82) is 0 Å². The summed E-state index contributed by atoms with van der Waals surface area (Å²) in [4.78, 5) is -1.19. The first-order valence-corrected chi connectivity index (χ1v) is 22.8. The molecule has 0 saturated carbocycles. The van der Waals surface area contributed by atoms with E-state index in [1.807, 2.05) is 54.6 Å². The highest BCUT2D eigenvalue weighted by molar-refractivity contribution is 8.33. The molecule has 0 amide bonds. The Labute approximate surface area is 372 Å². The molecule has 0 heterocycles. The Morgan fingerprint density at radius 2 is 1.05 bits per heavy atom. The summed E-state index contributed by atoms with van der Waals surface area (Å²) in [5, 5.41) is -3.20. The number of fused-ring (bicyclic) bond motifs is 3. The van der Waals surface area contributed by atoms with E-state index in [1.54, 1.807) is 41.5 Å². The lowest BCUT2D eigenvalue weighted by Gasteiger charge is -2.42. The number of rotatable bonds is 16. The summed E-state index contributed by atoms with van der Waals surface area (Å²) in [7, 11) is -12.2. The molecule has 0 atom stereocenters. The van der Waals surface area contributed by atoms with Gasteiger partial charge in [0, 0.05) is 9.79 Å². The van der Waals surface area contributed by atoms with Crippen LogP contribution in [0, 0.1) is 0 Å². The first-order valence-electron chi connectivity index (χ1n) is 19.9. The molecule has 0 radical (unpaired) electrons. The van der Waals surface area contributed by atoms with Crippen molar-refractivity contribution in [2.75, 3.05) is 13.4 Å². The van der Waals surface area contributed by atoms with Gasteiger partial charge < -0.3 is 18.9 Å². The van der Waals surface area contributed by atoms with Crippen LogP contribution in [0.15, 0.2) is 142 Å². The Bertz CT molecular complexity index is 2710. The standard InChI is InChI=1S/C47H45F9O7S2/c1-42(2,3)61-33-16-13-18-35(28-33)64(36-19-14-17-34(29-36)62-43(4,5)6,63-65(57,58)47(55,56)45(50,51)44(48,49)46(52,53)54)41-24-12-11-23-40(41)60-30-59-26-25-32-27-31-15-7-8-20-37(31)39-22-10-9-21-38(32)39/h7-24,27-29H,25-26,30H2,1-6H3. The molecule has 7 nitrogen and oxygen atoms in total. The summed E-state index contributed by atoms with van der Waals surface area (Å²) in [5.41, 5.74) is -0.954. The van der Waals surface area contributed by atoms with Crippen LogP contribution < -0.4 is 14.2 Å². The SMILES string of the molecule is CC(C)(C)Oc1cccc(S(OS(=O)(=O)C(F)(F)C(F)(F)C(F)(F)C(F)(F)F)(c2cccc(OC(C)(C)C)c2)c2ccccc2OCOCCc2cc3ccccc3c3ccccc23)c1. The third-order valence-corrected chi connectivity index (χ3v) is 14.8. The van der Waals surface area contributed by atoms with Crippen molar-refractivity contribution >= 4 is 42.0 Å². The lowest BCUT2D eigenvalue weighted by atomic mass is 9.96. The molecule has 65 heavy (non-hydrogen) atoms.